The zero-order valence-corrected chi connectivity index (χ0v) is 16.3. The normalized spacial score (nSPS) is 21.6. The van der Waals surface area contributed by atoms with E-state index in [1.807, 2.05) is 31.2 Å². The molecular formula is C20H22N2O4S. The van der Waals surface area contributed by atoms with Crippen molar-refractivity contribution < 1.29 is 19.1 Å². The molecule has 142 valence electrons. The second-order valence-corrected chi connectivity index (χ2v) is 7.74. The molecule has 1 aliphatic rings. The van der Waals surface area contributed by atoms with Gasteiger partial charge in [0.15, 0.2) is 4.75 Å². The van der Waals surface area contributed by atoms with Crippen LogP contribution in [0.2, 0.25) is 0 Å². The second-order valence-electron chi connectivity index (χ2n) is 6.33. The highest BCUT2D eigenvalue weighted by Gasteiger charge is 2.55. The Bertz CT molecular complexity index is 840. The maximum absolute atomic E-state index is 13.0. The summed E-state index contributed by atoms with van der Waals surface area (Å²) >= 11 is 1.36. The molecular weight excluding hydrogens is 364 g/mol. The lowest BCUT2D eigenvalue weighted by molar-refractivity contribution is -0.146. The van der Waals surface area contributed by atoms with Crippen LogP contribution >= 0.6 is 11.8 Å². The summed E-state index contributed by atoms with van der Waals surface area (Å²) in [5.74, 6) is -0.176. The summed E-state index contributed by atoms with van der Waals surface area (Å²) in [5, 5.41) is 2.94. The molecule has 3 rings (SSSR count). The highest BCUT2D eigenvalue weighted by molar-refractivity contribution is 8.01. The van der Waals surface area contributed by atoms with Gasteiger partial charge in [0.2, 0.25) is 11.8 Å². The highest BCUT2D eigenvalue weighted by atomic mass is 32.2. The van der Waals surface area contributed by atoms with Gasteiger partial charge in [0.05, 0.1) is 26.2 Å². The summed E-state index contributed by atoms with van der Waals surface area (Å²) in [4.78, 5) is 30.4. The van der Waals surface area contributed by atoms with Gasteiger partial charge in [-0.2, -0.15) is 0 Å². The number of thioether (sulfide) groups is 1. The number of esters is 1. The molecule has 0 aliphatic carbocycles. The van der Waals surface area contributed by atoms with Crippen LogP contribution in [0, 0.1) is 6.92 Å². The lowest BCUT2D eigenvalue weighted by atomic mass is 9.93. The molecule has 0 unspecified atom stereocenters. The summed E-state index contributed by atoms with van der Waals surface area (Å²) in [7, 11) is 1.53. The number of benzene rings is 1. The Labute approximate surface area is 162 Å². The molecule has 1 fully saturated rings. The number of carbonyl (C=O) groups excluding carboxylic acids is 2. The van der Waals surface area contributed by atoms with E-state index in [1.165, 1.54) is 18.9 Å². The Morgan fingerprint density at radius 2 is 2.07 bits per heavy atom. The number of carbonyl (C=O) groups is 2. The third kappa shape index (κ3) is 3.93. The van der Waals surface area contributed by atoms with Crippen molar-refractivity contribution in [2.75, 3.05) is 13.7 Å². The van der Waals surface area contributed by atoms with E-state index in [0.29, 0.717) is 5.88 Å². The number of amides is 1. The fourth-order valence-electron chi connectivity index (χ4n) is 3.13. The first-order chi connectivity index (χ1) is 13.0. The van der Waals surface area contributed by atoms with Crippen LogP contribution in [0.25, 0.3) is 0 Å². The molecule has 1 N–H and O–H groups in total. The van der Waals surface area contributed by atoms with Crippen molar-refractivity contribution in [3.05, 3.63) is 53.7 Å². The van der Waals surface area contributed by atoms with Crippen LogP contribution in [0.5, 0.6) is 5.88 Å². The highest BCUT2D eigenvalue weighted by Crippen LogP contribution is 2.49. The summed E-state index contributed by atoms with van der Waals surface area (Å²) < 4.78 is 9.48. The van der Waals surface area contributed by atoms with Crippen molar-refractivity contribution in [1.82, 2.24) is 10.3 Å². The van der Waals surface area contributed by atoms with Crippen molar-refractivity contribution >= 4 is 23.6 Å². The Morgan fingerprint density at radius 3 is 2.74 bits per heavy atom. The van der Waals surface area contributed by atoms with Gasteiger partial charge in [-0.15, -0.1) is 11.8 Å². The zero-order valence-electron chi connectivity index (χ0n) is 15.5. The number of aryl methyl sites for hydroxylation is 1. The van der Waals surface area contributed by atoms with Crippen molar-refractivity contribution in [1.29, 1.82) is 0 Å². The monoisotopic (exact) mass is 386 g/mol. The molecule has 1 aromatic carbocycles. The van der Waals surface area contributed by atoms with Crippen molar-refractivity contribution in [3.8, 4) is 5.88 Å². The SMILES string of the molecule is CCOC(=O)[C@@]1(Sc2ccc(C)cc2)CC(=O)N[C@@H]1c1ccnc(OC)c1. The molecule has 1 amide bonds. The van der Waals surface area contributed by atoms with Crippen LogP contribution in [0.3, 0.4) is 0 Å². The number of ether oxygens (including phenoxy) is 2. The number of hydrogen-bond donors (Lipinski definition) is 1. The Balaban J connectivity index is 2.06. The molecule has 2 aromatic rings. The Hall–Kier alpha value is -2.54. The van der Waals surface area contributed by atoms with Crippen LogP contribution in [-0.2, 0) is 14.3 Å². The van der Waals surface area contributed by atoms with Gasteiger partial charge in [-0.3, -0.25) is 9.59 Å². The number of pyridine rings is 1. The second kappa shape index (κ2) is 8.00. The topological polar surface area (TPSA) is 77.5 Å². The first kappa shape index (κ1) is 19.2. The maximum Gasteiger partial charge on any atom is 0.325 e. The smallest absolute Gasteiger partial charge is 0.325 e. The average Bonchev–Trinajstić information content (AvgIpc) is 3.01. The number of nitrogens with zero attached hydrogens (tertiary/aromatic N) is 1. The van der Waals surface area contributed by atoms with Gasteiger partial charge in [-0.25, -0.2) is 4.98 Å². The number of hydrogen-bond acceptors (Lipinski definition) is 6. The number of rotatable bonds is 6. The predicted octanol–water partition coefficient (Wildman–Crippen LogP) is 3.05. The van der Waals surface area contributed by atoms with E-state index in [2.05, 4.69) is 10.3 Å². The van der Waals surface area contributed by atoms with Gasteiger partial charge in [-0.05, 0) is 37.6 Å². The van der Waals surface area contributed by atoms with Gasteiger partial charge in [0, 0.05) is 17.2 Å². The third-order valence-corrected chi connectivity index (χ3v) is 5.86. The van der Waals surface area contributed by atoms with E-state index in [4.69, 9.17) is 9.47 Å². The molecule has 1 aromatic heterocycles. The van der Waals surface area contributed by atoms with Crippen LogP contribution in [0.1, 0.15) is 30.5 Å². The summed E-state index contributed by atoms with van der Waals surface area (Å²) in [5.41, 5.74) is 1.88. The molecule has 2 heterocycles. The van der Waals surface area contributed by atoms with Crippen LogP contribution in [0.4, 0.5) is 0 Å². The standard InChI is InChI=1S/C20H22N2O4S/c1-4-26-19(24)20(27-15-7-5-13(2)6-8-15)12-16(23)22-18(20)14-9-10-21-17(11-14)25-3/h5-11,18H,4,12H2,1-3H3,(H,22,23)/t18-,20-/m1/s1. The molecule has 2 atom stereocenters. The number of methoxy groups -OCH3 is 1. The third-order valence-electron chi connectivity index (χ3n) is 4.44. The Morgan fingerprint density at radius 1 is 1.33 bits per heavy atom. The van der Waals surface area contributed by atoms with Crippen molar-refractivity contribution in [3.63, 3.8) is 0 Å². The van der Waals surface area contributed by atoms with E-state index in [1.54, 1.807) is 25.3 Å². The van der Waals surface area contributed by atoms with Gasteiger partial charge in [-0.1, -0.05) is 17.7 Å². The number of aromatic nitrogens is 1. The molecule has 0 spiro atoms. The van der Waals surface area contributed by atoms with E-state index in [-0.39, 0.29) is 18.9 Å². The predicted molar refractivity (Wildman–Crippen MR) is 103 cm³/mol. The first-order valence-corrected chi connectivity index (χ1v) is 9.52. The van der Waals surface area contributed by atoms with E-state index in [0.717, 1.165) is 16.0 Å². The quantitative estimate of drug-likeness (QED) is 0.769. The molecule has 1 saturated heterocycles. The fraction of sp³-hybridized carbons (Fsp3) is 0.350. The summed E-state index contributed by atoms with van der Waals surface area (Å²) in [6, 6.07) is 10.8. The van der Waals surface area contributed by atoms with E-state index >= 15 is 0 Å². The molecule has 6 nitrogen and oxygen atoms in total. The molecule has 27 heavy (non-hydrogen) atoms. The van der Waals surface area contributed by atoms with Gasteiger partial charge < -0.3 is 14.8 Å². The summed E-state index contributed by atoms with van der Waals surface area (Å²) in [6.07, 6.45) is 1.64. The maximum atomic E-state index is 13.0. The van der Waals surface area contributed by atoms with Crippen LogP contribution in [0.15, 0.2) is 47.5 Å². The van der Waals surface area contributed by atoms with Crippen molar-refractivity contribution in [2.45, 2.75) is 36.0 Å². The average molecular weight is 386 g/mol. The van der Waals surface area contributed by atoms with Gasteiger partial charge in [0.25, 0.3) is 0 Å². The van der Waals surface area contributed by atoms with Crippen molar-refractivity contribution in [2.24, 2.45) is 0 Å². The largest absolute Gasteiger partial charge is 0.481 e. The molecule has 0 radical (unpaired) electrons. The van der Waals surface area contributed by atoms with Crippen LogP contribution < -0.4 is 10.1 Å². The van der Waals surface area contributed by atoms with Gasteiger partial charge in [0.1, 0.15) is 0 Å². The zero-order chi connectivity index (χ0) is 19.4. The van der Waals surface area contributed by atoms with E-state index in [9.17, 15) is 9.59 Å². The van der Waals surface area contributed by atoms with Gasteiger partial charge >= 0.3 is 5.97 Å². The molecule has 1 aliphatic heterocycles. The molecule has 0 saturated carbocycles. The minimum atomic E-state index is -1.10. The van der Waals surface area contributed by atoms with Crippen LogP contribution in [-0.4, -0.2) is 35.3 Å². The Kier molecular flexibility index (Phi) is 5.70. The lowest BCUT2D eigenvalue weighted by Gasteiger charge is -2.31. The minimum Gasteiger partial charge on any atom is -0.481 e. The fourth-order valence-corrected chi connectivity index (χ4v) is 4.49. The summed E-state index contributed by atoms with van der Waals surface area (Å²) in [6.45, 7) is 4.01. The number of nitrogens with one attached hydrogen (secondary N) is 1. The molecule has 0 bridgehead atoms. The first-order valence-electron chi connectivity index (χ1n) is 8.70. The van der Waals surface area contributed by atoms with E-state index < -0.39 is 16.8 Å². The lowest BCUT2D eigenvalue weighted by Crippen LogP contribution is -2.42. The molecule has 7 heteroatoms. The minimum absolute atomic E-state index is 0.0414.